The standard InChI is InChI=1S/C11H13F3N2O3/c1-6-7(4-9(17)18-2)3-8(5-15)10(16-6)19-11(12,13)14/h3H,4-5,15H2,1-2H3. The number of aryl methyl sites for hydroxylation is 1. The molecule has 5 nitrogen and oxygen atoms in total. The first-order valence-electron chi connectivity index (χ1n) is 5.29. The van der Waals surface area contributed by atoms with Gasteiger partial charge in [-0.2, -0.15) is 0 Å². The molecule has 19 heavy (non-hydrogen) atoms. The Morgan fingerprint density at radius 3 is 2.53 bits per heavy atom. The molecular weight excluding hydrogens is 265 g/mol. The molecule has 8 heteroatoms. The number of nitrogens with two attached hydrogens (primary N) is 1. The molecule has 1 aromatic heterocycles. The van der Waals surface area contributed by atoms with Crippen LogP contribution in [0.25, 0.3) is 0 Å². The number of rotatable bonds is 4. The van der Waals surface area contributed by atoms with E-state index in [1.54, 1.807) is 0 Å². The number of pyridine rings is 1. The van der Waals surface area contributed by atoms with Crippen molar-refractivity contribution < 1.29 is 27.4 Å². The zero-order valence-corrected chi connectivity index (χ0v) is 10.4. The minimum Gasteiger partial charge on any atom is -0.469 e. The molecule has 0 bridgehead atoms. The quantitative estimate of drug-likeness (QED) is 0.844. The van der Waals surface area contributed by atoms with Crippen LogP contribution >= 0.6 is 0 Å². The summed E-state index contributed by atoms with van der Waals surface area (Å²) < 4.78 is 44.8. The van der Waals surface area contributed by atoms with Crippen molar-refractivity contribution in [2.75, 3.05) is 7.11 Å². The lowest BCUT2D eigenvalue weighted by Gasteiger charge is -2.14. The van der Waals surface area contributed by atoms with E-state index in [1.807, 2.05) is 0 Å². The van der Waals surface area contributed by atoms with Gasteiger partial charge in [-0.25, -0.2) is 4.98 Å². The third-order valence-electron chi connectivity index (χ3n) is 2.35. The Morgan fingerprint density at radius 2 is 2.05 bits per heavy atom. The van der Waals surface area contributed by atoms with Crippen molar-refractivity contribution >= 4 is 5.97 Å². The number of methoxy groups -OCH3 is 1. The molecule has 2 N–H and O–H groups in total. The summed E-state index contributed by atoms with van der Waals surface area (Å²) in [5, 5.41) is 0. The second-order valence-electron chi connectivity index (χ2n) is 3.70. The van der Waals surface area contributed by atoms with E-state index in [9.17, 15) is 18.0 Å². The van der Waals surface area contributed by atoms with Crippen LogP contribution in [-0.4, -0.2) is 24.4 Å². The smallest absolute Gasteiger partial charge is 0.469 e. The first-order chi connectivity index (χ1) is 8.76. The van der Waals surface area contributed by atoms with Crippen LogP contribution < -0.4 is 10.5 Å². The molecule has 1 rings (SSSR count). The van der Waals surface area contributed by atoms with Gasteiger partial charge >= 0.3 is 12.3 Å². The molecule has 0 unspecified atom stereocenters. The Morgan fingerprint density at radius 1 is 1.42 bits per heavy atom. The maximum atomic E-state index is 12.2. The molecule has 106 valence electrons. The van der Waals surface area contributed by atoms with E-state index in [0.29, 0.717) is 5.56 Å². The van der Waals surface area contributed by atoms with Crippen molar-refractivity contribution in [1.29, 1.82) is 0 Å². The molecule has 1 aromatic rings. The largest absolute Gasteiger partial charge is 0.574 e. The summed E-state index contributed by atoms with van der Waals surface area (Å²) in [6.45, 7) is 1.29. The minimum atomic E-state index is -4.84. The molecular formula is C11H13F3N2O3. The number of hydrogen-bond donors (Lipinski definition) is 1. The number of ether oxygens (including phenoxy) is 2. The SMILES string of the molecule is COC(=O)Cc1cc(CN)c(OC(F)(F)F)nc1C. The molecule has 0 spiro atoms. The van der Waals surface area contributed by atoms with E-state index in [0.717, 1.165) is 0 Å². The molecule has 0 fully saturated rings. The maximum absolute atomic E-state index is 12.2. The van der Waals surface area contributed by atoms with Crippen LogP contribution in [-0.2, 0) is 22.5 Å². The molecule has 0 amide bonds. The van der Waals surface area contributed by atoms with Crippen molar-refractivity contribution in [3.63, 3.8) is 0 Å². The Bertz CT molecular complexity index is 475. The fraction of sp³-hybridized carbons (Fsp3) is 0.455. The van der Waals surface area contributed by atoms with E-state index in [-0.39, 0.29) is 24.2 Å². The average molecular weight is 278 g/mol. The lowest BCUT2D eigenvalue weighted by Crippen LogP contribution is -2.20. The van der Waals surface area contributed by atoms with Crippen molar-refractivity contribution in [2.45, 2.75) is 26.3 Å². The molecule has 0 aromatic carbocycles. The molecule has 0 saturated carbocycles. The summed E-state index contributed by atoms with van der Waals surface area (Å²) in [7, 11) is 1.22. The van der Waals surface area contributed by atoms with Crippen LogP contribution in [0.4, 0.5) is 13.2 Å². The lowest BCUT2D eigenvalue weighted by atomic mass is 10.1. The Balaban J connectivity index is 3.10. The van der Waals surface area contributed by atoms with Crippen LogP contribution in [0.15, 0.2) is 6.07 Å². The van der Waals surface area contributed by atoms with Gasteiger partial charge in [0.15, 0.2) is 0 Å². The number of aromatic nitrogens is 1. The Labute approximate surface area is 107 Å². The second-order valence-corrected chi connectivity index (χ2v) is 3.70. The third kappa shape index (κ3) is 4.40. The molecule has 1 heterocycles. The number of carbonyl (C=O) groups is 1. The summed E-state index contributed by atoms with van der Waals surface area (Å²) in [5.74, 6) is -1.11. The predicted octanol–water partition coefficient (Wildman–Crippen LogP) is 1.46. The first kappa shape index (κ1) is 15.2. The summed E-state index contributed by atoms with van der Waals surface area (Å²) in [6.07, 6.45) is -4.93. The van der Waals surface area contributed by atoms with Crippen LogP contribution in [0, 0.1) is 6.92 Å². The number of halogens is 3. The van der Waals surface area contributed by atoms with Gasteiger partial charge < -0.3 is 15.2 Å². The van der Waals surface area contributed by atoms with Gasteiger partial charge in [-0.15, -0.1) is 13.2 Å². The van der Waals surface area contributed by atoms with Gasteiger partial charge in [-0.05, 0) is 18.6 Å². The van der Waals surface area contributed by atoms with Gasteiger partial charge in [0.05, 0.1) is 13.5 Å². The molecule has 0 aliphatic carbocycles. The second kappa shape index (κ2) is 5.87. The highest BCUT2D eigenvalue weighted by molar-refractivity contribution is 5.72. The van der Waals surface area contributed by atoms with E-state index in [1.165, 1.54) is 20.1 Å². The maximum Gasteiger partial charge on any atom is 0.574 e. The summed E-state index contributed by atoms with van der Waals surface area (Å²) >= 11 is 0. The van der Waals surface area contributed by atoms with Gasteiger partial charge in [-0.1, -0.05) is 0 Å². The van der Waals surface area contributed by atoms with Crippen LogP contribution in [0.3, 0.4) is 0 Å². The van der Waals surface area contributed by atoms with E-state index < -0.39 is 18.2 Å². The zero-order valence-electron chi connectivity index (χ0n) is 10.4. The van der Waals surface area contributed by atoms with Crippen molar-refractivity contribution in [3.8, 4) is 5.88 Å². The molecule has 0 aliphatic rings. The Hall–Kier alpha value is -1.83. The number of nitrogens with zero attached hydrogens (tertiary/aromatic N) is 1. The number of esters is 1. The topological polar surface area (TPSA) is 74.4 Å². The fourth-order valence-electron chi connectivity index (χ4n) is 1.42. The van der Waals surface area contributed by atoms with E-state index in [2.05, 4.69) is 14.5 Å². The molecule has 0 atom stereocenters. The van der Waals surface area contributed by atoms with Gasteiger partial charge in [0.1, 0.15) is 0 Å². The normalized spacial score (nSPS) is 11.3. The molecule has 0 saturated heterocycles. The average Bonchev–Trinajstić information content (AvgIpc) is 2.30. The van der Waals surface area contributed by atoms with Crippen molar-refractivity contribution in [1.82, 2.24) is 4.98 Å². The summed E-state index contributed by atoms with van der Waals surface area (Å²) in [5.41, 5.74) is 6.12. The van der Waals surface area contributed by atoms with Crippen LogP contribution in [0.2, 0.25) is 0 Å². The van der Waals surface area contributed by atoms with Crippen LogP contribution in [0.1, 0.15) is 16.8 Å². The Kier molecular flexibility index (Phi) is 4.71. The number of alkyl halides is 3. The van der Waals surface area contributed by atoms with Crippen molar-refractivity contribution in [2.24, 2.45) is 5.73 Å². The summed E-state index contributed by atoms with van der Waals surface area (Å²) in [6, 6.07) is 1.36. The van der Waals surface area contributed by atoms with E-state index in [4.69, 9.17) is 5.73 Å². The van der Waals surface area contributed by atoms with Gasteiger partial charge in [0.25, 0.3) is 0 Å². The summed E-state index contributed by atoms with van der Waals surface area (Å²) in [4.78, 5) is 14.8. The van der Waals surface area contributed by atoms with Crippen molar-refractivity contribution in [3.05, 3.63) is 22.9 Å². The monoisotopic (exact) mass is 278 g/mol. The number of hydrogen-bond acceptors (Lipinski definition) is 5. The fourth-order valence-corrected chi connectivity index (χ4v) is 1.42. The highest BCUT2D eigenvalue weighted by atomic mass is 19.4. The van der Waals surface area contributed by atoms with E-state index >= 15 is 0 Å². The predicted molar refractivity (Wildman–Crippen MR) is 59.3 cm³/mol. The number of carbonyl (C=O) groups excluding carboxylic acids is 1. The zero-order chi connectivity index (χ0) is 14.6. The highest BCUT2D eigenvalue weighted by Crippen LogP contribution is 2.26. The van der Waals surface area contributed by atoms with Crippen LogP contribution in [0.5, 0.6) is 5.88 Å². The molecule has 0 aliphatic heterocycles. The molecule has 0 radical (unpaired) electrons. The minimum absolute atomic E-state index is 0.0711. The lowest BCUT2D eigenvalue weighted by molar-refractivity contribution is -0.276. The van der Waals surface area contributed by atoms with Gasteiger partial charge in [0, 0.05) is 17.8 Å². The third-order valence-corrected chi connectivity index (χ3v) is 2.35. The van der Waals surface area contributed by atoms with Gasteiger partial charge in [0.2, 0.25) is 5.88 Å². The first-order valence-corrected chi connectivity index (χ1v) is 5.29. The van der Waals surface area contributed by atoms with Gasteiger partial charge in [-0.3, -0.25) is 4.79 Å². The highest BCUT2D eigenvalue weighted by Gasteiger charge is 2.33.